The van der Waals surface area contributed by atoms with Gasteiger partial charge in [0.2, 0.25) is 0 Å². The van der Waals surface area contributed by atoms with Gasteiger partial charge in [0.1, 0.15) is 27.8 Å². The monoisotopic (exact) mass is 373 g/mol. The molecule has 0 aliphatic carbocycles. The van der Waals surface area contributed by atoms with E-state index in [0.29, 0.717) is 12.8 Å². The van der Waals surface area contributed by atoms with Crippen LogP contribution >= 0.6 is 0 Å². The molecule has 0 spiro atoms. The number of rotatable bonds is 6. The van der Waals surface area contributed by atoms with Gasteiger partial charge in [-0.05, 0) is 55.3 Å². The van der Waals surface area contributed by atoms with Gasteiger partial charge in [-0.3, -0.25) is 4.98 Å². The minimum absolute atomic E-state index is 0.0308. The predicted octanol–water partition coefficient (Wildman–Crippen LogP) is 3.66. The van der Waals surface area contributed by atoms with E-state index in [1.54, 1.807) is 12.1 Å². The molecule has 134 valence electrons. The van der Waals surface area contributed by atoms with Crippen molar-refractivity contribution in [2.24, 2.45) is 0 Å². The summed E-state index contributed by atoms with van der Waals surface area (Å²) in [6.45, 7) is 1.52. The molecular weight excluding hydrogens is 357 g/mol. The zero-order valence-electron chi connectivity index (χ0n) is 14.0. The number of pyridine rings is 1. The molecule has 7 heteroatoms. The fourth-order valence-corrected chi connectivity index (χ4v) is 3.66. The van der Waals surface area contributed by atoms with Gasteiger partial charge in [0.25, 0.3) is 0 Å². The third kappa shape index (κ3) is 3.88. The number of fused-ring (bicyclic) bond motifs is 1. The summed E-state index contributed by atoms with van der Waals surface area (Å²) in [4.78, 5) is 14.8. The molecule has 1 aromatic heterocycles. The summed E-state index contributed by atoms with van der Waals surface area (Å²) in [6.07, 6.45) is 2.39. The molecule has 0 saturated carbocycles. The summed E-state index contributed by atoms with van der Waals surface area (Å²) in [5.74, 6) is -0.378. The molecule has 1 heterocycles. The lowest BCUT2D eigenvalue weighted by Gasteiger charge is -2.10. The topological polar surface area (TPSA) is 73.3 Å². The first-order valence-electron chi connectivity index (χ1n) is 7.93. The minimum atomic E-state index is -4.16. The summed E-state index contributed by atoms with van der Waals surface area (Å²) in [5.41, 5.74) is 0.873. The Kier molecular flexibility index (Phi) is 4.99. The Hall–Kier alpha value is -2.80. The van der Waals surface area contributed by atoms with Crippen LogP contribution in [0.15, 0.2) is 59.6 Å². The summed E-state index contributed by atoms with van der Waals surface area (Å²) >= 11 is 0. The number of aromatic nitrogens is 1. The maximum atomic E-state index is 13.8. The second-order valence-electron chi connectivity index (χ2n) is 5.83. The number of carbonyl (C=O) groups is 1. The summed E-state index contributed by atoms with van der Waals surface area (Å²) in [5, 5.41) is 0.158. The number of nitrogens with zero attached hydrogens (tertiary/aromatic N) is 1. The van der Waals surface area contributed by atoms with Crippen molar-refractivity contribution in [3.8, 4) is 5.75 Å². The molecule has 2 aromatic carbocycles. The Labute approximate surface area is 150 Å². The Morgan fingerprint density at radius 2 is 1.85 bits per heavy atom. The van der Waals surface area contributed by atoms with Crippen molar-refractivity contribution in [2.45, 2.75) is 24.7 Å². The number of halogens is 1. The van der Waals surface area contributed by atoms with Crippen LogP contribution in [0, 0.1) is 5.82 Å². The lowest BCUT2D eigenvalue weighted by atomic mass is 10.1. The number of Topliss-reactive ketones (excluding diaryl/α,β-unsaturated/α-hetero) is 1. The van der Waals surface area contributed by atoms with Crippen LogP contribution in [0.4, 0.5) is 4.39 Å². The zero-order chi connectivity index (χ0) is 18.7. The van der Waals surface area contributed by atoms with Crippen LogP contribution in [0.2, 0.25) is 0 Å². The summed E-state index contributed by atoms with van der Waals surface area (Å²) < 4.78 is 44.2. The van der Waals surface area contributed by atoms with Gasteiger partial charge < -0.3 is 8.98 Å². The lowest BCUT2D eigenvalue weighted by molar-refractivity contribution is -0.116. The molecule has 3 aromatic rings. The minimum Gasteiger partial charge on any atom is -0.379 e. The molecule has 0 radical (unpaired) electrons. The van der Waals surface area contributed by atoms with Crippen molar-refractivity contribution in [3.63, 3.8) is 0 Å². The van der Waals surface area contributed by atoms with Gasteiger partial charge in [-0.2, -0.15) is 8.42 Å². The van der Waals surface area contributed by atoms with Crippen molar-refractivity contribution in [3.05, 3.63) is 66.1 Å². The Morgan fingerprint density at radius 1 is 1.12 bits per heavy atom. The fraction of sp³-hybridized carbons (Fsp3) is 0.158. The van der Waals surface area contributed by atoms with Crippen LogP contribution in [-0.2, 0) is 21.3 Å². The number of hydrogen-bond acceptors (Lipinski definition) is 5. The average molecular weight is 373 g/mol. The number of carbonyl (C=O) groups excluding carboxylic acids is 1. The third-order valence-corrected chi connectivity index (χ3v) is 5.15. The first-order chi connectivity index (χ1) is 12.4. The van der Waals surface area contributed by atoms with Crippen LogP contribution in [0.25, 0.3) is 10.9 Å². The molecular formula is C19H16FNO4S. The van der Waals surface area contributed by atoms with E-state index in [1.807, 2.05) is 0 Å². The second kappa shape index (κ2) is 7.21. The van der Waals surface area contributed by atoms with Crippen molar-refractivity contribution in [1.82, 2.24) is 4.98 Å². The summed E-state index contributed by atoms with van der Waals surface area (Å²) in [6, 6.07) is 11.7. The molecule has 3 rings (SSSR count). The van der Waals surface area contributed by atoms with Gasteiger partial charge in [0, 0.05) is 18.0 Å². The van der Waals surface area contributed by atoms with Gasteiger partial charge >= 0.3 is 10.1 Å². The normalized spacial score (nSPS) is 11.5. The average Bonchev–Trinajstić information content (AvgIpc) is 2.61. The number of aryl methyl sites for hydroxylation is 1. The molecule has 0 bridgehead atoms. The van der Waals surface area contributed by atoms with Gasteiger partial charge in [0.15, 0.2) is 0 Å². The van der Waals surface area contributed by atoms with Crippen molar-refractivity contribution < 1.29 is 21.8 Å². The molecule has 0 N–H and O–H groups in total. The predicted molar refractivity (Wildman–Crippen MR) is 95.0 cm³/mol. The van der Waals surface area contributed by atoms with E-state index in [0.717, 1.165) is 17.7 Å². The van der Waals surface area contributed by atoms with E-state index in [1.165, 1.54) is 37.4 Å². The Balaban J connectivity index is 1.88. The van der Waals surface area contributed by atoms with E-state index < -0.39 is 15.9 Å². The zero-order valence-corrected chi connectivity index (χ0v) is 14.8. The molecule has 26 heavy (non-hydrogen) atoms. The molecule has 0 amide bonds. The largest absolute Gasteiger partial charge is 0.379 e. The Bertz CT molecular complexity index is 1060. The van der Waals surface area contributed by atoms with E-state index in [-0.39, 0.29) is 27.3 Å². The van der Waals surface area contributed by atoms with Gasteiger partial charge in [-0.1, -0.05) is 12.1 Å². The summed E-state index contributed by atoms with van der Waals surface area (Å²) in [7, 11) is -4.16. The van der Waals surface area contributed by atoms with Crippen molar-refractivity contribution in [2.75, 3.05) is 0 Å². The van der Waals surface area contributed by atoms with E-state index in [9.17, 15) is 17.6 Å². The highest BCUT2D eigenvalue weighted by Gasteiger charge is 2.21. The molecule has 0 unspecified atom stereocenters. The molecule has 0 atom stereocenters. The van der Waals surface area contributed by atoms with E-state index in [4.69, 9.17) is 4.18 Å². The smallest absolute Gasteiger partial charge is 0.339 e. The highest BCUT2D eigenvalue weighted by molar-refractivity contribution is 7.87. The first-order valence-corrected chi connectivity index (χ1v) is 9.34. The van der Waals surface area contributed by atoms with Crippen LogP contribution < -0.4 is 4.18 Å². The number of benzene rings is 2. The molecule has 0 aliphatic heterocycles. The molecule has 0 saturated heterocycles. The van der Waals surface area contributed by atoms with Gasteiger partial charge in [-0.25, -0.2) is 4.39 Å². The highest BCUT2D eigenvalue weighted by Crippen LogP contribution is 2.27. The number of ketones is 1. The van der Waals surface area contributed by atoms with Crippen molar-refractivity contribution in [1.29, 1.82) is 0 Å². The van der Waals surface area contributed by atoms with Gasteiger partial charge in [0.05, 0.1) is 0 Å². The standard InChI is InChI=1S/C19H16FNO4S/c1-13(22)4-5-14-6-8-15(9-7-14)25-26(23,24)18-11-10-17(20)19-16(18)3-2-12-21-19/h2-3,6-12H,4-5H2,1H3. The lowest BCUT2D eigenvalue weighted by Crippen LogP contribution is -2.11. The quantitative estimate of drug-likeness (QED) is 0.617. The van der Waals surface area contributed by atoms with Crippen LogP contribution in [0.3, 0.4) is 0 Å². The third-order valence-electron chi connectivity index (χ3n) is 3.84. The van der Waals surface area contributed by atoms with Crippen LogP contribution in [0.1, 0.15) is 18.9 Å². The maximum absolute atomic E-state index is 13.8. The Morgan fingerprint density at radius 3 is 2.54 bits per heavy atom. The highest BCUT2D eigenvalue weighted by atomic mass is 32.2. The molecule has 0 aliphatic rings. The molecule has 5 nitrogen and oxygen atoms in total. The van der Waals surface area contributed by atoms with Gasteiger partial charge in [-0.15, -0.1) is 0 Å². The van der Waals surface area contributed by atoms with Crippen LogP contribution in [0.5, 0.6) is 5.75 Å². The first kappa shape index (κ1) is 18.0. The SMILES string of the molecule is CC(=O)CCc1ccc(OS(=O)(=O)c2ccc(F)c3ncccc23)cc1. The molecule has 0 fully saturated rings. The fourth-order valence-electron chi connectivity index (χ4n) is 2.53. The maximum Gasteiger partial charge on any atom is 0.339 e. The van der Waals surface area contributed by atoms with E-state index >= 15 is 0 Å². The van der Waals surface area contributed by atoms with Crippen LogP contribution in [-0.4, -0.2) is 19.2 Å². The van der Waals surface area contributed by atoms with Crippen molar-refractivity contribution >= 4 is 26.8 Å². The second-order valence-corrected chi connectivity index (χ2v) is 7.34. The number of hydrogen-bond donors (Lipinski definition) is 0. The van der Waals surface area contributed by atoms with E-state index in [2.05, 4.69) is 4.98 Å².